The number of aryl methyl sites for hydroxylation is 2. The number of nitrogens with one attached hydrogen (secondary N) is 4. The minimum absolute atomic E-state index is 0.185. The Hall–Kier alpha value is -4.79. The standard InChI is InChI=1S/C26H24N6O3/c1-16-3-5-19(6-4-16)29-25-27-17(2)13-24(32-25)28-18-7-9-20(10-8-18)30-26(33)31-21-11-12-22-23(14-21)35-15-34-22/h3-14H,15H2,1-2H3,(H2,30,31,33)(H2,27,28,29,32). The van der Waals surface area contributed by atoms with E-state index >= 15 is 0 Å². The van der Waals surface area contributed by atoms with E-state index in [4.69, 9.17) is 9.47 Å². The van der Waals surface area contributed by atoms with Crippen molar-refractivity contribution in [1.82, 2.24) is 9.97 Å². The van der Waals surface area contributed by atoms with Crippen LogP contribution in [0.5, 0.6) is 11.5 Å². The van der Waals surface area contributed by atoms with Crippen molar-refractivity contribution >= 4 is 40.5 Å². The van der Waals surface area contributed by atoms with Crippen LogP contribution in [0, 0.1) is 13.8 Å². The van der Waals surface area contributed by atoms with Gasteiger partial charge < -0.3 is 30.7 Å². The lowest BCUT2D eigenvalue weighted by atomic mass is 10.2. The molecule has 0 saturated heterocycles. The summed E-state index contributed by atoms with van der Waals surface area (Å²) in [6.07, 6.45) is 0. The number of rotatable bonds is 6. The van der Waals surface area contributed by atoms with E-state index in [0.29, 0.717) is 34.6 Å². The summed E-state index contributed by atoms with van der Waals surface area (Å²) in [5, 5.41) is 12.1. The number of benzene rings is 3. The van der Waals surface area contributed by atoms with E-state index in [2.05, 4.69) is 31.2 Å². The average molecular weight is 469 g/mol. The lowest BCUT2D eigenvalue weighted by Gasteiger charge is -2.11. The van der Waals surface area contributed by atoms with Gasteiger partial charge in [-0.2, -0.15) is 4.98 Å². The Kier molecular flexibility index (Phi) is 6.04. The maximum Gasteiger partial charge on any atom is 0.323 e. The first-order valence-electron chi connectivity index (χ1n) is 11.0. The molecule has 5 rings (SSSR count). The van der Waals surface area contributed by atoms with Crippen molar-refractivity contribution in [3.8, 4) is 11.5 Å². The molecule has 3 aromatic carbocycles. The van der Waals surface area contributed by atoms with Crippen LogP contribution < -0.4 is 30.7 Å². The van der Waals surface area contributed by atoms with Crippen molar-refractivity contribution in [2.75, 3.05) is 28.1 Å². The van der Waals surface area contributed by atoms with Gasteiger partial charge in [0.2, 0.25) is 12.7 Å². The molecule has 0 fully saturated rings. The molecule has 4 N–H and O–H groups in total. The molecule has 1 aliphatic rings. The summed E-state index contributed by atoms with van der Waals surface area (Å²) >= 11 is 0. The van der Waals surface area contributed by atoms with Gasteiger partial charge in [-0.15, -0.1) is 0 Å². The van der Waals surface area contributed by atoms with Gasteiger partial charge in [0.25, 0.3) is 0 Å². The summed E-state index contributed by atoms with van der Waals surface area (Å²) in [6, 6.07) is 22.1. The number of urea groups is 1. The van der Waals surface area contributed by atoms with E-state index in [-0.39, 0.29) is 12.8 Å². The van der Waals surface area contributed by atoms with Gasteiger partial charge in [-0.05, 0) is 62.4 Å². The number of ether oxygens (including phenoxy) is 2. The smallest absolute Gasteiger partial charge is 0.323 e. The number of carbonyl (C=O) groups excluding carboxylic acids is 1. The van der Waals surface area contributed by atoms with Gasteiger partial charge in [-0.25, -0.2) is 9.78 Å². The highest BCUT2D eigenvalue weighted by Gasteiger charge is 2.14. The van der Waals surface area contributed by atoms with Gasteiger partial charge >= 0.3 is 6.03 Å². The van der Waals surface area contributed by atoms with E-state index in [1.54, 1.807) is 30.3 Å². The molecule has 9 heteroatoms. The molecule has 0 aliphatic carbocycles. The normalized spacial score (nSPS) is 11.6. The monoisotopic (exact) mass is 468 g/mol. The van der Waals surface area contributed by atoms with E-state index in [1.165, 1.54) is 5.56 Å². The van der Waals surface area contributed by atoms with Gasteiger partial charge in [0.1, 0.15) is 5.82 Å². The predicted molar refractivity (Wildman–Crippen MR) is 136 cm³/mol. The predicted octanol–water partition coefficient (Wildman–Crippen LogP) is 5.95. The van der Waals surface area contributed by atoms with Crippen molar-refractivity contribution in [1.29, 1.82) is 0 Å². The summed E-state index contributed by atoms with van der Waals surface area (Å²) in [4.78, 5) is 21.4. The van der Waals surface area contributed by atoms with Crippen molar-refractivity contribution in [2.24, 2.45) is 0 Å². The molecular formula is C26H24N6O3. The molecule has 0 unspecified atom stereocenters. The molecule has 1 aromatic heterocycles. The first-order chi connectivity index (χ1) is 17.0. The first kappa shape index (κ1) is 22.0. The van der Waals surface area contributed by atoms with Crippen LogP contribution in [0.25, 0.3) is 0 Å². The molecule has 2 heterocycles. The fourth-order valence-corrected chi connectivity index (χ4v) is 3.51. The van der Waals surface area contributed by atoms with Gasteiger partial charge in [-0.1, -0.05) is 17.7 Å². The van der Waals surface area contributed by atoms with E-state index in [1.807, 2.05) is 56.3 Å². The number of fused-ring (bicyclic) bond motifs is 1. The molecular weight excluding hydrogens is 444 g/mol. The molecule has 1 aliphatic heterocycles. The highest BCUT2D eigenvalue weighted by atomic mass is 16.7. The number of hydrogen-bond acceptors (Lipinski definition) is 7. The van der Waals surface area contributed by atoms with Crippen LogP contribution in [-0.2, 0) is 0 Å². The Labute approximate surface area is 202 Å². The van der Waals surface area contributed by atoms with Crippen LogP contribution >= 0.6 is 0 Å². The minimum atomic E-state index is -0.358. The molecule has 0 bridgehead atoms. The van der Waals surface area contributed by atoms with Gasteiger partial charge in [0.15, 0.2) is 11.5 Å². The Morgan fingerprint density at radius 2 is 1.34 bits per heavy atom. The van der Waals surface area contributed by atoms with Crippen molar-refractivity contribution in [3.05, 3.63) is 84.1 Å². The van der Waals surface area contributed by atoms with Crippen molar-refractivity contribution < 1.29 is 14.3 Å². The molecule has 0 radical (unpaired) electrons. The quantitative estimate of drug-likeness (QED) is 0.277. The maximum atomic E-state index is 12.4. The fourth-order valence-electron chi connectivity index (χ4n) is 3.51. The molecule has 4 aromatic rings. The SMILES string of the molecule is Cc1ccc(Nc2nc(C)cc(Nc3ccc(NC(=O)Nc4ccc5c(c4)OCO5)cc3)n2)cc1. The van der Waals surface area contributed by atoms with Crippen LogP contribution in [-0.4, -0.2) is 22.8 Å². The molecule has 176 valence electrons. The number of hydrogen-bond donors (Lipinski definition) is 4. The molecule has 0 atom stereocenters. The van der Waals surface area contributed by atoms with Gasteiger partial charge in [-0.3, -0.25) is 0 Å². The number of anilines is 6. The highest BCUT2D eigenvalue weighted by molar-refractivity contribution is 6.00. The second-order valence-electron chi connectivity index (χ2n) is 8.06. The lowest BCUT2D eigenvalue weighted by molar-refractivity contribution is 0.174. The lowest BCUT2D eigenvalue weighted by Crippen LogP contribution is -2.19. The summed E-state index contributed by atoms with van der Waals surface area (Å²) in [5.41, 5.74) is 5.02. The molecule has 9 nitrogen and oxygen atoms in total. The third-order valence-corrected chi connectivity index (χ3v) is 5.21. The third-order valence-electron chi connectivity index (χ3n) is 5.21. The molecule has 0 saturated carbocycles. The fraction of sp³-hybridized carbons (Fsp3) is 0.115. The first-order valence-corrected chi connectivity index (χ1v) is 11.0. The second kappa shape index (κ2) is 9.60. The highest BCUT2D eigenvalue weighted by Crippen LogP contribution is 2.34. The number of carbonyl (C=O) groups is 1. The summed E-state index contributed by atoms with van der Waals surface area (Å²) in [6.45, 7) is 4.14. The molecule has 2 amide bonds. The zero-order valence-electron chi connectivity index (χ0n) is 19.3. The van der Waals surface area contributed by atoms with E-state index < -0.39 is 0 Å². The summed E-state index contributed by atoms with van der Waals surface area (Å²) < 4.78 is 10.6. The van der Waals surface area contributed by atoms with Crippen LogP contribution in [0.4, 0.5) is 39.3 Å². The zero-order chi connectivity index (χ0) is 24.2. The third kappa shape index (κ3) is 5.59. The van der Waals surface area contributed by atoms with Crippen LogP contribution in [0.2, 0.25) is 0 Å². The number of nitrogens with zero attached hydrogens (tertiary/aromatic N) is 2. The van der Waals surface area contributed by atoms with E-state index in [0.717, 1.165) is 17.1 Å². The Bertz CT molecular complexity index is 1360. The Morgan fingerprint density at radius 3 is 2.14 bits per heavy atom. The van der Waals surface area contributed by atoms with Gasteiger partial charge in [0, 0.05) is 40.6 Å². The van der Waals surface area contributed by atoms with Crippen molar-refractivity contribution in [2.45, 2.75) is 13.8 Å². The van der Waals surface area contributed by atoms with E-state index in [9.17, 15) is 4.79 Å². The number of amides is 2. The van der Waals surface area contributed by atoms with Gasteiger partial charge in [0.05, 0.1) is 0 Å². The number of aromatic nitrogens is 2. The topological polar surface area (TPSA) is 109 Å². The Balaban J connectivity index is 1.20. The minimum Gasteiger partial charge on any atom is -0.454 e. The van der Waals surface area contributed by atoms with Crippen LogP contribution in [0.15, 0.2) is 72.8 Å². The molecule has 0 spiro atoms. The van der Waals surface area contributed by atoms with Crippen LogP contribution in [0.1, 0.15) is 11.3 Å². The maximum absolute atomic E-state index is 12.4. The summed E-state index contributed by atoms with van der Waals surface area (Å²) in [7, 11) is 0. The average Bonchev–Trinajstić information content (AvgIpc) is 3.29. The molecule has 35 heavy (non-hydrogen) atoms. The van der Waals surface area contributed by atoms with Crippen LogP contribution in [0.3, 0.4) is 0 Å². The zero-order valence-corrected chi connectivity index (χ0v) is 19.3. The Morgan fingerprint density at radius 1 is 0.714 bits per heavy atom. The van der Waals surface area contributed by atoms with Crippen molar-refractivity contribution in [3.63, 3.8) is 0 Å². The second-order valence-corrected chi connectivity index (χ2v) is 8.06. The summed E-state index contributed by atoms with van der Waals surface area (Å²) in [5.74, 6) is 2.44. The largest absolute Gasteiger partial charge is 0.454 e.